The van der Waals surface area contributed by atoms with E-state index < -0.39 is 11.8 Å². The van der Waals surface area contributed by atoms with E-state index in [1.807, 2.05) is 32.0 Å². The number of carboxylic acid groups (broad SMARTS) is 1. The first kappa shape index (κ1) is 13.6. The molecule has 2 aromatic carbocycles. The monoisotopic (exact) mass is 276 g/mol. The van der Waals surface area contributed by atoms with E-state index in [4.69, 9.17) is 5.11 Å². The first-order chi connectivity index (χ1) is 8.99. The topological polar surface area (TPSA) is 37.3 Å². The molecule has 0 bridgehead atoms. The van der Waals surface area contributed by atoms with Gasteiger partial charge in [-0.2, -0.15) is 0 Å². The lowest BCUT2D eigenvalue weighted by atomic mass is 10.1. The molecule has 2 rings (SSSR count). The summed E-state index contributed by atoms with van der Waals surface area (Å²) in [5.41, 5.74) is 2.23. The second-order valence-electron chi connectivity index (χ2n) is 4.27. The van der Waals surface area contributed by atoms with Gasteiger partial charge in [-0.25, -0.2) is 9.18 Å². The molecule has 2 aromatic rings. The predicted octanol–water partition coefficient (Wildman–Crippen LogP) is 4.29. The lowest BCUT2D eigenvalue weighted by Crippen LogP contribution is -2.00. The van der Waals surface area contributed by atoms with Crippen LogP contribution in [-0.2, 0) is 0 Å². The van der Waals surface area contributed by atoms with Crippen molar-refractivity contribution in [1.82, 2.24) is 0 Å². The Hall–Kier alpha value is -1.81. The molecule has 0 spiro atoms. The van der Waals surface area contributed by atoms with Crippen LogP contribution in [-0.4, -0.2) is 11.1 Å². The zero-order valence-corrected chi connectivity index (χ0v) is 11.4. The third-order valence-electron chi connectivity index (χ3n) is 2.90. The summed E-state index contributed by atoms with van der Waals surface area (Å²) < 4.78 is 13.8. The average Bonchev–Trinajstić information content (AvgIpc) is 2.36. The number of aryl methyl sites for hydroxylation is 2. The van der Waals surface area contributed by atoms with Crippen LogP contribution >= 0.6 is 11.8 Å². The second kappa shape index (κ2) is 5.45. The van der Waals surface area contributed by atoms with Crippen LogP contribution in [0.1, 0.15) is 21.5 Å². The molecule has 0 radical (unpaired) electrons. The molecule has 0 aliphatic carbocycles. The van der Waals surface area contributed by atoms with E-state index in [9.17, 15) is 9.18 Å². The van der Waals surface area contributed by atoms with Crippen molar-refractivity contribution < 1.29 is 14.3 Å². The van der Waals surface area contributed by atoms with E-state index in [1.54, 1.807) is 0 Å². The van der Waals surface area contributed by atoms with Crippen molar-refractivity contribution in [3.63, 3.8) is 0 Å². The Morgan fingerprint density at radius 1 is 1.16 bits per heavy atom. The molecule has 0 saturated heterocycles. The molecule has 0 aromatic heterocycles. The molecule has 0 aliphatic heterocycles. The van der Waals surface area contributed by atoms with E-state index in [2.05, 4.69) is 0 Å². The first-order valence-electron chi connectivity index (χ1n) is 5.76. The molecule has 0 atom stereocenters. The summed E-state index contributed by atoms with van der Waals surface area (Å²) in [7, 11) is 0. The van der Waals surface area contributed by atoms with Crippen LogP contribution in [0.5, 0.6) is 0 Å². The standard InChI is InChI=1S/C15H13FO2S/c1-9-6-7-11(8-10(9)2)19-14-12(15(17)18)4-3-5-13(14)16/h3-8H,1-2H3,(H,17,18). The first-order valence-corrected chi connectivity index (χ1v) is 6.57. The summed E-state index contributed by atoms with van der Waals surface area (Å²) in [6.45, 7) is 3.97. The lowest BCUT2D eigenvalue weighted by Gasteiger charge is -2.08. The highest BCUT2D eigenvalue weighted by molar-refractivity contribution is 7.99. The Morgan fingerprint density at radius 3 is 2.53 bits per heavy atom. The zero-order valence-electron chi connectivity index (χ0n) is 10.6. The van der Waals surface area contributed by atoms with Crippen LogP contribution in [0.3, 0.4) is 0 Å². The van der Waals surface area contributed by atoms with Gasteiger partial charge in [-0.1, -0.05) is 23.9 Å². The Kier molecular flexibility index (Phi) is 3.90. The minimum Gasteiger partial charge on any atom is -0.478 e. The summed E-state index contributed by atoms with van der Waals surface area (Å²) in [4.78, 5) is 12.1. The molecule has 1 N–H and O–H groups in total. The van der Waals surface area contributed by atoms with Crippen LogP contribution in [0.2, 0.25) is 0 Å². The number of hydrogen-bond acceptors (Lipinski definition) is 2. The van der Waals surface area contributed by atoms with Crippen molar-refractivity contribution in [3.05, 3.63) is 58.9 Å². The van der Waals surface area contributed by atoms with Crippen molar-refractivity contribution in [2.75, 3.05) is 0 Å². The Bertz CT molecular complexity index is 638. The van der Waals surface area contributed by atoms with Crippen molar-refractivity contribution in [3.8, 4) is 0 Å². The molecule has 19 heavy (non-hydrogen) atoms. The van der Waals surface area contributed by atoms with Gasteiger partial charge in [0.15, 0.2) is 0 Å². The van der Waals surface area contributed by atoms with E-state index in [0.717, 1.165) is 27.8 Å². The Balaban J connectivity index is 2.42. The van der Waals surface area contributed by atoms with Crippen molar-refractivity contribution in [2.45, 2.75) is 23.6 Å². The van der Waals surface area contributed by atoms with Crippen molar-refractivity contribution >= 4 is 17.7 Å². The van der Waals surface area contributed by atoms with Crippen LogP contribution < -0.4 is 0 Å². The quantitative estimate of drug-likeness (QED) is 0.908. The average molecular weight is 276 g/mol. The number of carbonyl (C=O) groups is 1. The molecule has 0 unspecified atom stereocenters. The van der Waals surface area contributed by atoms with Gasteiger partial charge in [0.1, 0.15) is 5.82 Å². The van der Waals surface area contributed by atoms with Crippen LogP contribution in [0.25, 0.3) is 0 Å². The summed E-state index contributed by atoms with van der Waals surface area (Å²) in [6.07, 6.45) is 0. The van der Waals surface area contributed by atoms with Gasteiger partial charge < -0.3 is 5.11 Å². The summed E-state index contributed by atoms with van der Waals surface area (Å²) >= 11 is 1.14. The number of carboxylic acids is 1. The zero-order chi connectivity index (χ0) is 14.0. The molecular formula is C15H13FO2S. The smallest absolute Gasteiger partial charge is 0.336 e. The fraction of sp³-hybridized carbons (Fsp3) is 0.133. The molecule has 0 saturated carbocycles. The second-order valence-corrected chi connectivity index (χ2v) is 5.35. The minimum atomic E-state index is -1.12. The van der Waals surface area contributed by atoms with Crippen LogP contribution in [0.4, 0.5) is 4.39 Å². The maximum Gasteiger partial charge on any atom is 0.336 e. The maximum atomic E-state index is 13.8. The van der Waals surface area contributed by atoms with Gasteiger partial charge in [0.2, 0.25) is 0 Å². The normalized spacial score (nSPS) is 10.5. The number of rotatable bonds is 3. The molecule has 2 nitrogen and oxygen atoms in total. The molecule has 0 fully saturated rings. The molecule has 0 heterocycles. The summed E-state index contributed by atoms with van der Waals surface area (Å²) in [5.74, 6) is -1.63. The Morgan fingerprint density at radius 2 is 1.89 bits per heavy atom. The highest BCUT2D eigenvalue weighted by Gasteiger charge is 2.15. The summed E-state index contributed by atoms with van der Waals surface area (Å²) in [6, 6.07) is 9.83. The fourth-order valence-corrected chi connectivity index (χ4v) is 2.71. The molecule has 4 heteroatoms. The maximum absolute atomic E-state index is 13.8. The minimum absolute atomic E-state index is 0.0109. The van der Waals surface area contributed by atoms with E-state index >= 15 is 0 Å². The molecule has 98 valence electrons. The number of aromatic carboxylic acids is 1. The number of benzene rings is 2. The number of hydrogen-bond donors (Lipinski definition) is 1. The Labute approximate surface area is 115 Å². The highest BCUT2D eigenvalue weighted by Crippen LogP contribution is 2.33. The largest absolute Gasteiger partial charge is 0.478 e. The molecule has 0 aliphatic rings. The third-order valence-corrected chi connectivity index (χ3v) is 4.00. The predicted molar refractivity (Wildman–Crippen MR) is 73.4 cm³/mol. The SMILES string of the molecule is Cc1ccc(Sc2c(F)cccc2C(=O)O)cc1C. The van der Waals surface area contributed by atoms with Gasteiger partial charge in [-0.05, 0) is 49.2 Å². The van der Waals surface area contributed by atoms with Gasteiger partial charge in [-0.15, -0.1) is 0 Å². The van der Waals surface area contributed by atoms with E-state index in [-0.39, 0.29) is 10.5 Å². The molecule has 0 amide bonds. The highest BCUT2D eigenvalue weighted by atomic mass is 32.2. The van der Waals surface area contributed by atoms with Crippen LogP contribution in [0.15, 0.2) is 46.2 Å². The third kappa shape index (κ3) is 2.96. The van der Waals surface area contributed by atoms with Crippen molar-refractivity contribution in [1.29, 1.82) is 0 Å². The van der Waals surface area contributed by atoms with Gasteiger partial charge >= 0.3 is 5.97 Å². The van der Waals surface area contributed by atoms with Gasteiger partial charge in [0.05, 0.1) is 10.5 Å². The van der Waals surface area contributed by atoms with Gasteiger partial charge in [0, 0.05) is 4.90 Å². The lowest BCUT2D eigenvalue weighted by molar-refractivity contribution is 0.0692. The summed E-state index contributed by atoms with van der Waals surface area (Å²) in [5, 5.41) is 9.09. The number of halogens is 1. The van der Waals surface area contributed by atoms with E-state index in [0.29, 0.717) is 0 Å². The van der Waals surface area contributed by atoms with Crippen LogP contribution in [0, 0.1) is 19.7 Å². The van der Waals surface area contributed by atoms with Crippen molar-refractivity contribution in [2.24, 2.45) is 0 Å². The van der Waals surface area contributed by atoms with Gasteiger partial charge in [0.25, 0.3) is 0 Å². The molecular weight excluding hydrogens is 263 g/mol. The van der Waals surface area contributed by atoms with Gasteiger partial charge in [-0.3, -0.25) is 0 Å². The fourth-order valence-electron chi connectivity index (χ4n) is 1.68. The van der Waals surface area contributed by atoms with E-state index in [1.165, 1.54) is 18.2 Å².